The molecule has 0 atom stereocenters. The molecule has 0 spiro atoms. The van der Waals surface area contributed by atoms with Crippen LogP contribution in [0.1, 0.15) is 0 Å². The van der Waals surface area contributed by atoms with E-state index in [0.29, 0.717) is 0 Å². The summed E-state index contributed by atoms with van der Waals surface area (Å²) in [5.74, 6) is 0. The van der Waals surface area contributed by atoms with Gasteiger partial charge in [0.05, 0.1) is 0 Å². The molecule has 0 aromatic heterocycles. The summed E-state index contributed by atoms with van der Waals surface area (Å²) < 4.78 is 34.4. The van der Waals surface area contributed by atoms with Gasteiger partial charge in [-0.2, -0.15) is 0 Å². The molecule has 0 bridgehead atoms. The Labute approximate surface area is 69.8 Å². The molecule has 0 aliphatic rings. The van der Waals surface area contributed by atoms with Crippen molar-refractivity contribution >= 4 is 41.8 Å². The van der Waals surface area contributed by atoms with Crippen LogP contribution < -0.4 is 24.7 Å². The van der Waals surface area contributed by atoms with E-state index in [1.54, 1.807) is 0 Å². The van der Waals surface area contributed by atoms with Gasteiger partial charge in [0.15, 0.2) is 0 Å². The van der Waals surface area contributed by atoms with Crippen LogP contribution >= 0.6 is 0 Å². The smallest absolute Gasteiger partial charge is 0 e. The first-order valence-corrected chi connectivity index (χ1v) is 3.79. The van der Waals surface area contributed by atoms with Gasteiger partial charge in [-0.1, -0.05) is 0 Å². The molecular weight excluding hydrogens is 382 g/mol. The maximum atomic E-state index is 8.61. The van der Waals surface area contributed by atoms with Crippen LogP contribution in [0.4, 0.5) is 0 Å². The summed E-state index contributed by atoms with van der Waals surface area (Å²) in [6, 6.07) is 0. The Balaban J connectivity index is -0.0000000800. The fourth-order valence-corrected chi connectivity index (χ4v) is 0. The molecule has 7 heavy (non-hydrogen) atoms. The number of halogens is 1. The Morgan fingerprint density at radius 1 is 1.14 bits per heavy atom. The quantitative estimate of drug-likeness (QED) is 0.390. The third kappa shape index (κ3) is 105. The Hall–Kier alpha value is 1.45. The molecule has 0 N–H and O–H groups in total. The van der Waals surface area contributed by atoms with Crippen LogP contribution in [0.25, 0.3) is 0 Å². The predicted molar refractivity (Wildman–Crippen MR) is 12.2 cm³/mol. The number of hydrogen-bond acceptors (Lipinski definition) is 4. The molecule has 4 radical (unpaired) electrons. The zero-order valence-electron chi connectivity index (χ0n) is 2.96. The molecule has 44 valence electrons. The van der Waals surface area contributed by atoms with Crippen LogP contribution in [-0.4, -0.2) is 41.8 Å². The number of rotatable bonds is 0. The van der Waals surface area contributed by atoms with E-state index in [0.717, 1.165) is 0 Å². The van der Waals surface area contributed by atoms with Gasteiger partial charge in [-0.3, -0.25) is 0 Å². The molecule has 0 saturated heterocycles. The molecule has 7 heteroatoms. The van der Waals surface area contributed by atoms with Crippen LogP contribution in [0.2, 0.25) is 0 Å². The zero-order chi connectivity index (χ0) is 4.50. The van der Waals surface area contributed by atoms with Crippen molar-refractivity contribution in [2.75, 3.05) is 0 Å². The van der Waals surface area contributed by atoms with Crippen molar-refractivity contribution < 1.29 is 28.4 Å². The maximum absolute atomic E-state index is 8.61. The zero-order valence-corrected chi connectivity index (χ0v) is 9.48. The van der Waals surface area contributed by atoms with Crippen LogP contribution in [0, 0.1) is 0 Å². The summed E-state index contributed by atoms with van der Waals surface area (Å²) in [6.45, 7) is 0. The topological polar surface area (TPSA) is 86.2 Å². The van der Waals surface area contributed by atoms with Crippen molar-refractivity contribution in [1.29, 1.82) is 0 Å². The van der Waals surface area contributed by atoms with E-state index in [1.165, 1.54) is 0 Å². The molecule has 0 fully saturated rings. The van der Waals surface area contributed by atoms with E-state index in [2.05, 4.69) is 0 Å². The van der Waals surface area contributed by atoms with Gasteiger partial charge in [0, 0.05) is 27.3 Å². The standard InChI is InChI=1S/AsH3O4.ClH.Pb/c2-1(3,4)5;;/h(H3,2,3,4,5);1H;/p-4. The number of hydrogen-bond donors (Lipinski definition) is 0. The molecule has 0 amide bonds. The SMILES string of the molecule is O=[As]([O-])([O-])[O-].[Cl-].[Pb]. The van der Waals surface area contributed by atoms with E-state index < -0.39 is 14.5 Å². The Kier molecular flexibility index (Phi) is 12.6. The van der Waals surface area contributed by atoms with Crippen molar-refractivity contribution in [3.05, 3.63) is 0 Å². The van der Waals surface area contributed by atoms with Crippen molar-refractivity contribution in [2.45, 2.75) is 0 Å². The minimum Gasteiger partial charge on any atom is -1.00 e. The van der Waals surface area contributed by atoms with Crippen molar-refractivity contribution in [3.63, 3.8) is 0 Å². The van der Waals surface area contributed by atoms with Crippen LogP contribution in [0.3, 0.4) is 0 Å². The summed E-state index contributed by atoms with van der Waals surface area (Å²) in [5.41, 5.74) is 0. The van der Waals surface area contributed by atoms with E-state index in [4.69, 9.17) is 16.0 Å². The summed E-state index contributed by atoms with van der Waals surface area (Å²) in [6.07, 6.45) is 0. The first-order chi connectivity index (χ1) is 2.00. The molecule has 4 nitrogen and oxygen atoms in total. The minimum atomic E-state index is -5.88. The van der Waals surface area contributed by atoms with Crippen molar-refractivity contribution in [2.24, 2.45) is 0 Å². The van der Waals surface area contributed by atoms with Gasteiger partial charge in [-0.05, 0) is 0 Å². The van der Waals surface area contributed by atoms with Gasteiger partial charge in [-0.15, -0.1) is 0 Å². The van der Waals surface area contributed by atoms with Crippen LogP contribution in [0.5, 0.6) is 0 Å². The molecule has 0 saturated carbocycles. The first kappa shape index (κ1) is 15.8. The van der Waals surface area contributed by atoms with E-state index in [-0.39, 0.29) is 39.7 Å². The Morgan fingerprint density at radius 3 is 1.14 bits per heavy atom. The average molecular weight is 382 g/mol. The molecule has 0 aromatic carbocycles. The largest absolute Gasteiger partial charge is 1.00 e. The summed E-state index contributed by atoms with van der Waals surface area (Å²) >= 11 is -5.88. The van der Waals surface area contributed by atoms with Gasteiger partial charge >= 0.3 is 30.5 Å². The van der Waals surface area contributed by atoms with Crippen molar-refractivity contribution in [3.8, 4) is 0 Å². The fraction of sp³-hybridized carbons (Fsp3) is 0. The second-order valence-corrected chi connectivity index (χ2v) is 2.32. The van der Waals surface area contributed by atoms with Gasteiger partial charge < -0.3 is 12.4 Å². The second-order valence-electron chi connectivity index (χ2n) is 0.447. The Bertz CT molecular complexity index is 57.8. The first-order valence-electron chi connectivity index (χ1n) is 0.730. The fourth-order valence-electron chi connectivity index (χ4n) is 0. The summed E-state index contributed by atoms with van der Waals surface area (Å²) in [7, 11) is 0. The molecule has 0 rings (SSSR count). The van der Waals surface area contributed by atoms with Gasteiger partial charge in [0.2, 0.25) is 0 Å². The van der Waals surface area contributed by atoms with E-state index in [9.17, 15) is 0 Å². The third-order valence-corrected chi connectivity index (χ3v) is 0. The van der Waals surface area contributed by atoms with E-state index >= 15 is 0 Å². The second kappa shape index (κ2) is 5.58. The molecule has 0 heterocycles. The molecule has 0 aliphatic carbocycles. The minimum absolute atomic E-state index is 0. The van der Waals surface area contributed by atoms with Gasteiger partial charge in [0.25, 0.3) is 0 Å². The molecule has 0 aromatic rings. The normalized spacial score (nSPS) is 8.43. The van der Waals surface area contributed by atoms with Gasteiger partial charge in [0.1, 0.15) is 0 Å². The summed E-state index contributed by atoms with van der Waals surface area (Å²) in [4.78, 5) is 0. The van der Waals surface area contributed by atoms with Gasteiger partial charge in [-0.25, -0.2) is 0 Å². The maximum Gasteiger partial charge on any atom is 0 e. The molecule has 0 unspecified atom stereocenters. The van der Waals surface area contributed by atoms with E-state index in [1.807, 2.05) is 0 Å². The van der Waals surface area contributed by atoms with Crippen LogP contribution in [-0.2, 0) is 3.74 Å². The van der Waals surface area contributed by atoms with Crippen LogP contribution in [0.15, 0.2) is 0 Å². The average Bonchev–Trinajstić information content (AvgIpc) is 0.722. The summed E-state index contributed by atoms with van der Waals surface area (Å²) in [5, 5.41) is 0. The molecular formula is AsClO4Pb-4. The Morgan fingerprint density at radius 2 is 1.14 bits per heavy atom. The monoisotopic (exact) mass is 382 g/mol. The van der Waals surface area contributed by atoms with Crippen molar-refractivity contribution in [1.82, 2.24) is 0 Å². The third-order valence-electron chi connectivity index (χ3n) is 0. The molecule has 0 aliphatic heterocycles. The predicted octanol–water partition coefficient (Wildman–Crippen LogP) is -7.44.